The first kappa shape index (κ1) is 18.1. The molecule has 3 N–H and O–H groups in total. The molecule has 3 aromatic rings. The summed E-state index contributed by atoms with van der Waals surface area (Å²) in [6, 6.07) is 7.82. The van der Waals surface area contributed by atoms with Crippen molar-refractivity contribution in [3.05, 3.63) is 45.0 Å². The quantitative estimate of drug-likeness (QED) is 0.551. The van der Waals surface area contributed by atoms with Crippen molar-refractivity contribution in [2.75, 3.05) is 18.4 Å². The lowest BCUT2D eigenvalue weighted by Gasteiger charge is -2.36. The Morgan fingerprint density at radius 2 is 2.29 bits per heavy atom. The molecule has 1 aromatic carbocycles. The molecule has 2 aliphatic rings. The maximum atomic E-state index is 13.0. The number of thiazole rings is 1. The summed E-state index contributed by atoms with van der Waals surface area (Å²) >= 11 is 5.13. The van der Waals surface area contributed by atoms with Gasteiger partial charge in [-0.1, -0.05) is 33.3 Å². The van der Waals surface area contributed by atoms with Gasteiger partial charge in [-0.05, 0) is 37.5 Å². The monoisotopic (exact) mass is 460 g/mol. The number of rotatable bonds is 4. The Hall–Kier alpha value is -1.90. The molecular formula is C20H21BrN4O2S. The second kappa shape index (κ2) is 6.86. The van der Waals surface area contributed by atoms with Gasteiger partial charge in [0.15, 0.2) is 5.13 Å². The number of amides is 1. The van der Waals surface area contributed by atoms with E-state index in [-0.39, 0.29) is 5.91 Å². The molecule has 0 saturated heterocycles. The predicted molar refractivity (Wildman–Crippen MR) is 114 cm³/mol. The molecule has 1 aliphatic carbocycles. The Kier molecular flexibility index (Phi) is 4.45. The Balaban J connectivity index is 1.30. The largest absolute Gasteiger partial charge is 0.388 e. The van der Waals surface area contributed by atoms with Gasteiger partial charge in [-0.15, -0.1) is 0 Å². The van der Waals surface area contributed by atoms with Crippen LogP contribution < -0.4 is 5.32 Å². The number of aliphatic hydroxyl groups is 1. The second-order valence-electron chi connectivity index (χ2n) is 7.68. The zero-order chi connectivity index (χ0) is 19.3. The van der Waals surface area contributed by atoms with Crippen molar-refractivity contribution in [3.63, 3.8) is 0 Å². The van der Waals surface area contributed by atoms with E-state index in [0.29, 0.717) is 25.3 Å². The van der Waals surface area contributed by atoms with Gasteiger partial charge >= 0.3 is 0 Å². The fraction of sp³-hybridized carbons (Fsp3) is 0.400. The van der Waals surface area contributed by atoms with Crippen LogP contribution >= 0.6 is 27.3 Å². The zero-order valence-corrected chi connectivity index (χ0v) is 17.7. The first-order chi connectivity index (χ1) is 13.5. The number of nitrogens with zero attached hydrogens (tertiary/aromatic N) is 2. The molecule has 3 heterocycles. The van der Waals surface area contributed by atoms with E-state index in [0.717, 1.165) is 56.8 Å². The summed E-state index contributed by atoms with van der Waals surface area (Å²) < 4.78 is 0.979. The summed E-state index contributed by atoms with van der Waals surface area (Å²) in [7, 11) is 0. The molecule has 5 rings (SSSR count). The second-order valence-corrected chi connectivity index (χ2v) is 9.62. The van der Waals surface area contributed by atoms with Crippen LogP contribution in [0.5, 0.6) is 0 Å². The summed E-state index contributed by atoms with van der Waals surface area (Å²) in [5.41, 5.74) is 2.06. The van der Waals surface area contributed by atoms with E-state index in [1.54, 1.807) is 11.3 Å². The molecule has 2 aromatic heterocycles. The molecule has 28 heavy (non-hydrogen) atoms. The number of hydrogen-bond acceptors (Lipinski definition) is 5. The average Bonchev–Trinajstić information content (AvgIpc) is 3.28. The first-order valence-electron chi connectivity index (χ1n) is 9.52. The van der Waals surface area contributed by atoms with Crippen molar-refractivity contribution in [3.8, 4) is 0 Å². The van der Waals surface area contributed by atoms with Crippen LogP contribution in [-0.4, -0.2) is 44.6 Å². The number of carbonyl (C=O) groups excluding carboxylic acids is 1. The predicted octanol–water partition coefficient (Wildman–Crippen LogP) is 3.91. The molecule has 8 heteroatoms. The summed E-state index contributed by atoms with van der Waals surface area (Å²) in [4.78, 5) is 23.9. The van der Waals surface area contributed by atoms with Gasteiger partial charge in [-0.2, -0.15) is 0 Å². The van der Waals surface area contributed by atoms with Crippen LogP contribution in [0.4, 0.5) is 5.13 Å². The van der Waals surface area contributed by atoms with Crippen molar-refractivity contribution in [1.82, 2.24) is 14.9 Å². The van der Waals surface area contributed by atoms with Crippen LogP contribution in [0.25, 0.3) is 10.9 Å². The zero-order valence-electron chi connectivity index (χ0n) is 15.3. The third kappa shape index (κ3) is 3.23. The highest BCUT2D eigenvalue weighted by Crippen LogP contribution is 2.34. The molecule has 0 radical (unpaired) electrons. The molecule has 0 atom stereocenters. The number of anilines is 1. The number of aromatic amines is 1. The topological polar surface area (TPSA) is 81.2 Å². The number of benzene rings is 1. The lowest BCUT2D eigenvalue weighted by molar-refractivity contribution is -0.0202. The van der Waals surface area contributed by atoms with Crippen molar-refractivity contribution >= 4 is 49.2 Å². The van der Waals surface area contributed by atoms with E-state index in [4.69, 9.17) is 0 Å². The molecule has 146 valence electrons. The van der Waals surface area contributed by atoms with E-state index in [1.807, 2.05) is 29.2 Å². The van der Waals surface area contributed by atoms with Crippen LogP contribution in [0, 0.1) is 0 Å². The standard InChI is InChI=1S/C20H21BrN4O2S/c21-13-3-1-4-14-12(13)9-16(23-14)18(26)25-8-5-15-17(10-25)28-19(24-15)22-11-20(27)6-2-7-20/h1,3-4,9,23,27H,2,5-8,10-11H2,(H,22,24). The molecule has 1 saturated carbocycles. The molecule has 6 nitrogen and oxygen atoms in total. The fourth-order valence-electron chi connectivity index (χ4n) is 3.85. The maximum absolute atomic E-state index is 13.0. The SMILES string of the molecule is O=C(c1cc2c(Br)cccc2[nH]1)N1CCc2nc(NCC3(O)CCC3)sc2C1. The van der Waals surface area contributed by atoms with Gasteiger partial charge in [0.1, 0.15) is 5.69 Å². The fourth-order valence-corrected chi connectivity index (χ4v) is 5.35. The van der Waals surface area contributed by atoms with Crippen LogP contribution in [0.15, 0.2) is 28.7 Å². The highest BCUT2D eigenvalue weighted by molar-refractivity contribution is 9.10. The first-order valence-corrected chi connectivity index (χ1v) is 11.1. The van der Waals surface area contributed by atoms with E-state index in [9.17, 15) is 9.90 Å². The van der Waals surface area contributed by atoms with Crippen molar-refractivity contribution in [1.29, 1.82) is 0 Å². The summed E-state index contributed by atoms with van der Waals surface area (Å²) in [5.74, 6) is 0.0143. The van der Waals surface area contributed by atoms with Crippen LogP contribution in [-0.2, 0) is 13.0 Å². The molecule has 0 bridgehead atoms. The van der Waals surface area contributed by atoms with Crippen LogP contribution in [0.1, 0.15) is 40.3 Å². The lowest BCUT2D eigenvalue weighted by Crippen LogP contribution is -2.43. The number of carbonyl (C=O) groups is 1. The van der Waals surface area contributed by atoms with Gasteiger partial charge in [0.2, 0.25) is 0 Å². The molecule has 0 unspecified atom stereocenters. The van der Waals surface area contributed by atoms with Gasteiger partial charge in [0.05, 0.1) is 17.8 Å². The molecule has 1 amide bonds. The van der Waals surface area contributed by atoms with E-state index in [1.165, 1.54) is 0 Å². The normalized spacial score (nSPS) is 18.0. The van der Waals surface area contributed by atoms with Gasteiger partial charge in [0.25, 0.3) is 5.91 Å². The van der Waals surface area contributed by atoms with Gasteiger partial charge in [-0.3, -0.25) is 4.79 Å². The maximum Gasteiger partial charge on any atom is 0.270 e. The average molecular weight is 461 g/mol. The molecule has 1 fully saturated rings. The summed E-state index contributed by atoms with van der Waals surface area (Å²) in [6.45, 7) is 1.79. The molecular weight excluding hydrogens is 440 g/mol. The Morgan fingerprint density at radius 3 is 3.04 bits per heavy atom. The van der Waals surface area contributed by atoms with Crippen LogP contribution in [0.3, 0.4) is 0 Å². The van der Waals surface area contributed by atoms with Crippen molar-refractivity contribution in [2.24, 2.45) is 0 Å². The molecule has 1 aliphatic heterocycles. The number of nitrogens with one attached hydrogen (secondary N) is 2. The van der Waals surface area contributed by atoms with Gasteiger partial charge in [0, 0.05) is 39.8 Å². The Bertz CT molecular complexity index is 1060. The molecule has 0 spiro atoms. The van der Waals surface area contributed by atoms with E-state index < -0.39 is 5.60 Å². The van der Waals surface area contributed by atoms with E-state index >= 15 is 0 Å². The number of halogens is 1. The summed E-state index contributed by atoms with van der Waals surface area (Å²) in [6.07, 6.45) is 3.56. The van der Waals surface area contributed by atoms with Crippen molar-refractivity contribution < 1.29 is 9.90 Å². The lowest BCUT2D eigenvalue weighted by atomic mass is 9.80. The highest BCUT2D eigenvalue weighted by Gasteiger charge is 2.34. The Labute approximate surface area is 175 Å². The minimum atomic E-state index is -0.571. The number of fused-ring (bicyclic) bond motifs is 2. The number of aromatic nitrogens is 2. The van der Waals surface area contributed by atoms with Gasteiger partial charge in [-0.25, -0.2) is 4.98 Å². The number of hydrogen-bond donors (Lipinski definition) is 3. The van der Waals surface area contributed by atoms with Crippen molar-refractivity contribution in [2.45, 2.75) is 37.8 Å². The minimum absolute atomic E-state index is 0.0143. The third-order valence-electron chi connectivity index (χ3n) is 5.71. The Morgan fingerprint density at radius 1 is 1.43 bits per heavy atom. The highest BCUT2D eigenvalue weighted by atomic mass is 79.9. The smallest absolute Gasteiger partial charge is 0.270 e. The van der Waals surface area contributed by atoms with Crippen LogP contribution in [0.2, 0.25) is 0 Å². The minimum Gasteiger partial charge on any atom is -0.388 e. The van der Waals surface area contributed by atoms with E-state index in [2.05, 4.69) is 31.2 Å². The van der Waals surface area contributed by atoms with Gasteiger partial charge < -0.3 is 20.3 Å². The third-order valence-corrected chi connectivity index (χ3v) is 7.44. The summed E-state index contributed by atoms with van der Waals surface area (Å²) in [5, 5.41) is 15.4. The number of H-pyrrole nitrogens is 1.